The fourth-order valence-corrected chi connectivity index (χ4v) is 1.53. The molecule has 1 N–H and O–H groups in total. The molecule has 0 radical (unpaired) electrons. The zero-order valence-electron chi connectivity index (χ0n) is 8.94. The van der Waals surface area contributed by atoms with Crippen LogP contribution in [-0.4, -0.2) is 26.9 Å². The fraction of sp³-hybridized carbons (Fsp3) is 0.333. The van der Waals surface area contributed by atoms with Crippen LogP contribution in [0.25, 0.3) is 0 Å². The number of aryl methyl sites for hydroxylation is 1. The lowest BCUT2D eigenvalue weighted by atomic mass is 10.4. The zero-order valence-corrected chi connectivity index (χ0v) is 10.5. The molecule has 0 amide bonds. The molecule has 2 rings (SSSR count). The number of hydrogen-bond acceptors (Lipinski definition) is 6. The van der Waals surface area contributed by atoms with Crippen molar-refractivity contribution < 1.29 is 4.52 Å². The van der Waals surface area contributed by atoms with E-state index in [9.17, 15) is 0 Å². The van der Waals surface area contributed by atoms with Crippen molar-refractivity contribution >= 4 is 28.9 Å². The predicted octanol–water partition coefficient (Wildman–Crippen LogP) is 2.13. The second-order valence-electron chi connectivity index (χ2n) is 3.28. The Morgan fingerprint density at radius 2 is 2.18 bits per heavy atom. The van der Waals surface area contributed by atoms with Crippen LogP contribution in [-0.2, 0) is 6.42 Å². The molecule has 90 valence electrons. The summed E-state index contributed by atoms with van der Waals surface area (Å²) in [4.78, 5) is 4.08. The van der Waals surface area contributed by atoms with Gasteiger partial charge >= 0.3 is 0 Å². The number of hydrogen-bond donors (Lipinski definition) is 1. The molecule has 0 bridgehead atoms. The monoisotopic (exact) mass is 273 g/mol. The van der Waals surface area contributed by atoms with Crippen molar-refractivity contribution in [1.29, 1.82) is 0 Å². The fourth-order valence-electron chi connectivity index (χ4n) is 1.22. The smallest absolute Gasteiger partial charge is 0.228 e. The van der Waals surface area contributed by atoms with Gasteiger partial charge in [0.25, 0.3) is 0 Å². The molecule has 0 saturated heterocycles. The molecule has 0 aliphatic carbocycles. The number of anilines is 1. The van der Waals surface area contributed by atoms with Gasteiger partial charge < -0.3 is 9.84 Å². The lowest BCUT2D eigenvalue weighted by Crippen LogP contribution is -2.06. The van der Waals surface area contributed by atoms with E-state index in [1.165, 1.54) is 0 Å². The second kappa shape index (κ2) is 5.29. The van der Waals surface area contributed by atoms with E-state index in [4.69, 9.17) is 27.7 Å². The molecule has 0 fully saturated rings. The third-order valence-corrected chi connectivity index (χ3v) is 2.41. The highest BCUT2D eigenvalue weighted by Crippen LogP contribution is 2.20. The van der Waals surface area contributed by atoms with E-state index in [1.807, 2.05) is 0 Å². The number of halogens is 2. The maximum absolute atomic E-state index is 5.84. The normalized spacial score (nSPS) is 10.5. The van der Waals surface area contributed by atoms with Crippen molar-refractivity contribution in [3.63, 3.8) is 0 Å². The van der Waals surface area contributed by atoms with Crippen LogP contribution in [0.5, 0.6) is 0 Å². The molecule has 0 unspecified atom stereocenters. The van der Waals surface area contributed by atoms with E-state index >= 15 is 0 Å². The zero-order chi connectivity index (χ0) is 12.3. The minimum Gasteiger partial charge on any atom is -0.382 e. The van der Waals surface area contributed by atoms with Crippen LogP contribution in [0.1, 0.15) is 11.7 Å². The first-order chi connectivity index (χ1) is 8.15. The third kappa shape index (κ3) is 3.28. The molecule has 8 heteroatoms. The SMILES string of the molecule is Cc1noc(CCNc2cc(Cl)nnc2Cl)n1. The van der Waals surface area contributed by atoms with Gasteiger partial charge in [0.2, 0.25) is 5.89 Å². The Morgan fingerprint density at radius 3 is 2.88 bits per heavy atom. The van der Waals surface area contributed by atoms with Crippen molar-refractivity contribution in [2.75, 3.05) is 11.9 Å². The van der Waals surface area contributed by atoms with Crippen LogP contribution in [0.3, 0.4) is 0 Å². The minimum atomic E-state index is 0.274. The van der Waals surface area contributed by atoms with Gasteiger partial charge in [-0.3, -0.25) is 0 Å². The van der Waals surface area contributed by atoms with Gasteiger partial charge in [-0.05, 0) is 6.92 Å². The Labute approximate surface area is 107 Å². The van der Waals surface area contributed by atoms with Crippen molar-refractivity contribution in [2.24, 2.45) is 0 Å². The van der Waals surface area contributed by atoms with Crippen molar-refractivity contribution in [3.05, 3.63) is 28.1 Å². The molecule has 6 nitrogen and oxygen atoms in total. The summed E-state index contributed by atoms with van der Waals surface area (Å²) in [6, 6.07) is 1.61. The highest BCUT2D eigenvalue weighted by atomic mass is 35.5. The standard InChI is InChI=1S/C9H9Cl2N5O/c1-5-13-8(17-16-5)2-3-12-6-4-7(10)14-15-9(6)11/h4H,2-3H2,1H3,(H,12,14). The summed E-state index contributed by atoms with van der Waals surface area (Å²) in [6.45, 7) is 2.35. The summed E-state index contributed by atoms with van der Waals surface area (Å²) in [7, 11) is 0. The molecule has 2 heterocycles. The van der Waals surface area contributed by atoms with Crippen molar-refractivity contribution in [3.8, 4) is 0 Å². The summed E-state index contributed by atoms with van der Waals surface area (Å²) in [5.41, 5.74) is 0.628. The molecule has 0 atom stereocenters. The first kappa shape index (κ1) is 12.1. The lowest BCUT2D eigenvalue weighted by molar-refractivity contribution is 0.377. The van der Waals surface area contributed by atoms with E-state index in [0.717, 1.165) is 0 Å². The molecule has 0 aliphatic rings. The Hall–Kier alpha value is -1.40. The van der Waals surface area contributed by atoms with Gasteiger partial charge in [0.05, 0.1) is 5.69 Å². The van der Waals surface area contributed by atoms with Crippen LogP contribution >= 0.6 is 23.2 Å². The highest BCUT2D eigenvalue weighted by Gasteiger charge is 2.05. The highest BCUT2D eigenvalue weighted by molar-refractivity contribution is 6.33. The van der Waals surface area contributed by atoms with Crippen LogP contribution in [0.2, 0.25) is 10.3 Å². The van der Waals surface area contributed by atoms with E-state index in [2.05, 4.69) is 25.7 Å². The number of nitrogens with one attached hydrogen (secondary N) is 1. The van der Waals surface area contributed by atoms with E-state index < -0.39 is 0 Å². The van der Waals surface area contributed by atoms with Gasteiger partial charge in [0.15, 0.2) is 16.1 Å². The van der Waals surface area contributed by atoms with Crippen LogP contribution in [0.15, 0.2) is 10.6 Å². The minimum absolute atomic E-state index is 0.274. The first-order valence-electron chi connectivity index (χ1n) is 4.87. The van der Waals surface area contributed by atoms with Crippen LogP contribution in [0, 0.1) is 6.92 Å². The van der Waals surface area contributed by atoms with Crippen LogP contribution < -0.4 is 5.32 Å². The van der Waals surface area contributed by atoms with E-state index in [0.29, 0.717) is 30.4 Å². The number of nitrogens with zero attached hydrogens (tertiary/aromatic N) is 4. The van der Waals surface area contributed by atoms with Gasteiger partial charge in [-0.25, -0.2) is 0 Å². The molecule has 2 aromatic heterocycles. The maximum atomic E-state index is 5.84. The first-order valence-corrected chi connectivity index (χ1v) is 5.62. The quantitative estimate of drug-likeness (QED) is 0.920. The average Bonchev–Trinajstić information content (AvgIpc) is 2.69. The summed E-state index contributed by atoms with van der Waals surface area (Å²) in [5.74, 6) is 1.19. The maximum Gasteiger partial charge on any atom is 0.228 e. The van der Waals surface area contributed by atoms with Crippen LogP contribution in [0.4, 0.5) is 5.69 Å². The van der Waals surface area contributed by atoms with Crippen molar-refractivity contribution in [2.45, 2.75) is 13.3 Å². The Morgan fingerprint density at radius 1 is 1.35 bits per heavy atom. The Balaban J connectivity index is 1.91. The van der Waals surface area contributed by atoms with Gasteiger partial charge in [-0.15, -0.1) is 10.2 Å². The molecule has 17 heavy (non-hydrogen) atoms. The van der Waals surface area contributed by atoms with E-state index in [1.54, 1.807) is 13.0 Å². The largest absolute Gasteiger partial charge is 0.382 e. The van der Waals surface area contributed by atoms with Crippen molar-refractivity contribution in [1.82, 2.24) is 20.3 Å². The number of rotatable bonds is 4. The molecule has 0 aliphatic heterocycles. The van der Waals surface area contributed by atoms with E-state index in [-0.39, 0.29) is 10.3 Å². The summed E-state index contributed by atoms with van der Waals surface area (Å²) < 4.78 is 4.97. The topological polar surface area (TPSA) is 76.7 Å². The molecule has 0 spiro atoms. The molecular weight excluding hydrogens is 265 g/mol. The summed E-state index contributed by atoms with van der Waals surface area (Å²) in [5, 5.41) is 14.6. The Kier molecular flexibility index (Phi) is 3.75. The van der Waals surface area contributed by atoms with Gasteiger partial charge in [-0.2, -0.15) is 4.98 Å². The van der Waals surface area contributed by atoms with Gasteiger partial charge in [0.1, 0.15) is 0 Å². The number of aromatic nitrogens is 4. The molecule has 0 aromatic carbocycles. The predicted molar refractivity (Wildman–Crippen MR) is 63.3 cm³/mol. The lowest BCUT2D eigenvalue weighted by Gasteiger charge is -2.05. The Bertz CT molecular complexity index is 516. The third-order valence-electron chi connectivity index (χ3n) is 1.94. The van der Waals surface area contributed by atoms with Gasteiger partial charge in [0, 0.05) is 19.0 Å². The molecular formula is C9H9Cl2N5O. The van der Waals surface area contributed by atoms with Gasteiger partial charge in [-0.1, -0.05) is 28.4 Å². The summed E-state index contributed by atoms with van der Waals surface area (Å²) >= 11 is 11.5. The second-order valence-corrected chi connectivity index (χ2v) is 4.03. The average molecular weight is 274 g/mol. The molecule has 2 aromatic rings. The summed E-state index contributed by atoms with van der Waals surface area (Å²) in [6.07, 6.45) is 0.594. The molecule has 0 saturated carbocycles.